The van der Waals surface area contributed by atoms with Gasteiger partial charge in [-0.2, -0.15) is 0 Å². The number of hydrogen-bond acceptors (Lipinski definition) is 2. The lowest BCUT2D eigenvalue weighted by Gasteiger charge is -2.27. The van der Waals surface area contributed by atoms with Crippen molar-refractivity contribution in [3.63, 3.8) is 0 Å². The van der Waals surface area contributed by atoms with Crippen molar-refractivity contribution in [3.05, 3.63) is 35.1 Å². The number of benzene rings is 1. The van der Waals surface area contributed by atoms with Crippen LogP contribution in [0.5, 0.6) is 0 Å². The highest BCUT2D eigenvalue weighted by molar-refractivity contribution is 5.79. The highest BCUT2D eigenvalue weighted by atomic mass is 19.1. The van der Waals surface area contributed by atoms with Crippen molar-refractivity contribution in [3.8, 4) is 0 Å². The van der Waals surface area contributed by atoms with E-state index in [-0.39, 0.29) is 29.7 Å². The number of likely N-dealkylation sites (tertiary alicyclic amines) is 1. The molecule has 3 rings (SSSR count). The lowest BCUT2D eigenvalue weighted by atomic mass is 9.99. The predicted octanol–water partition coefficient (Wildman–Crippen LogP) is 2.12. The summed E-state index contributed by atoms with van der Waals surface area (Å²) in [4.78, 5) is 25.5. The number of amides is 3. The van der Waals surface area contributed by atoms with E-state index in [9.17, 15) is 14.0 Å². The van der Waals surface area contributed by atoms with E-state index in [1.807, 2.05) is 11.8 Å². The first-order valence-corrected chi connectivity index (χ1v) is 8.12. The van der Waals surface area contributed by atoms with Gasteiger partial charge in [-0.25, -0.2) is 9.18 Å². The van der Waals surface area contributed by atoms with Crippen LogP contribution >= 0.6 is 0 Å². The molecule has 2 N–H and O–H groups in total. The van der Waals surface area contributed by atoms with Gasteiger partial charge in [-0.1, -0.05) is 6.07 Å². The third-order valence-electron chi connectivity index (χ3n) is 4.71. The van der Waals surface area contributed by atoms with Crippen LogP contribution in [0.3, 0.4) is 0 Å². The maximum atomic E-state index is 13.3. The Hall–Kier alpha value is -2.11. The summed E-state index contributed by atoms with van der Waals surface area (Å²) in [5.41, 5.74) is 1.89. The molecule has 5 nitrogen and oxygen atoms in total. The van der Waals surface area contributed by atoms with Crippen molar-refractivity contribution in [1.82, 2.24) is 15.5 Å². The van der Waals surface area contributed by atoms with Crippen molar-refractivity contribution < 1.29 is 14.0 Å². The zero-order valence-corrected chi connectivity index (χ0v) is 13.3. The van der Waals surface area contributed by atoms with E-state index in [0.717, 1.165) is 24.0 Å². The van der Waals surface area contributed by atoms with E-state index in [0.29, 0.717) is 26.1 Å². The van der Waals surface area contributed by atoms with Crippen LogP contribution in [0.2, 0.25) is 0 Å². The van der Waals surface area contributed by atoms with Gasteiger partial charge in [-0.3, -0.25) is 4.79 Å². The number of halogens is 1. The second-order valence-corrected chi connectivity index (χ2v) is 6.41. The molecular weight excluding hydrogens is 297 g/mol. The number of nitrogens with zero attached hydrogens (tertiary/aromatic N) is 1. The zero-order valence-electron chi connectivity index (χ0n) is 13.3. The Morgan fingerprint density at radius 3 is 3.00 bits per heavy atom. The van der Waals surface area contributed by atoms with Crippen LogP contribution in [0, 0.1) is 18.7 Å². The summed E-state index contributed by atoms with van der Waals surface area (Å²) in [5, 5.41) is 5.71. The summed E-state index contributed by atoms with van der Waals surface area (Å²) in [6, 6.07) is 4.64. The van der Waals surface area contributed by atoms with Crippen LogP contribution in [0.25, 0.3) is 0 Å². The first-order chi connectivity index (χ1) is 11.0. The van der Waals surface area contributed by atoms with Crippen LogP contribution in [0.1, 0.15) is 36.4 Å². The molecule has 0 spiro atoms. The van der Waals surface area contributed by atoms with Gasteiger partial charge in [0, 0.05) is 32.0 Å². The highest BCUT2D eigenvalue weighted by Crippen LogP contribution is 2.33. The molecule has 1 aromatic carbocycles. The molecule has 6 heteroatoms. The lowest BCUT2D eigenvalue weighted by Crippen LogP contribution is -2.41. The van der Waals surface area contributed by atoms with Gasteiger partial charge in [-0.15, -0.1) is 0 Å². The lowest BCUT2D eigenvalue weighted by molar-refractivity contribution is -0.119. The molecule has 0 aliphatic carbocycles. The Bertz CT molecular complexity index is 620. The number of aryl methyl sites for hydroxylation is 1. The van der Waals surface area contributed by atoms with Crippen molar-refractivity contribution in [2.45, 2.75) is 32.2 Å². The normalized spacial score (nSPS) is 23.9. The van der Waals surface area contributed by atoms with E-state index in [2.05, 4.69) is 10.6 Å². The molecule has 0 saturated carbocycles. The second-order valence-electron chi connectivity index (χ2n) is 6.41. The van der Waals surface area contributed by atoms with Gasteiger partial charge in [0.25, 0.3) is 0 Å². The Morgan fingerprint density at radius 2 is 2.30 bits per heavy atom. The summed E-state index contributed by atoms with van der Waals surface area (Å²) < 4.78 is 13.3. The molecule has 2 aliphatic heterocycles. The molecule has 0 radical (unpaired) electrons. The summed E-state index contributed by atoms with van der Waals surface area (Å²) in [6.07, 6.45) is 2.31. The Balaban J connectivity index is 1.63. The van der Waals surface area contributed by atoms with E-state index < -0.39 is 0 Å². The van der Waals surface area contributed by atoms with Crippen molar-refractivity contribution in [2.75, 3.05) is 19.6 Å². The second kappa shape index (κ2) is 6.56. The molecule has 0 aromatic heterocycles. The molecule has 2 aliphatic rings. The number of nitrogens with one attached hydrogen (secondary N) is 2. The van der Waals surface area contributed by atoms with Crippen LogP contribution in [0.15, 0.2) is 18.2 Å². The molecule has 0 bridgehead atoms. The molecular formula is C17H22FN3O2. The van der Waals surface area contributed by atoms with Crippen LogP contribution in [0.4, 0.5) is 9.18 Å². The van der Waals surface area contributed by atoms with Gasteiger partial charge in [0.05, 0.1) is 6.04 Å². The largest absolute Gasteiger partial charge is 0.356 e. The van der Waals surface area contributed by atoms with Crippen molar-refractivity contribution in [1.29, 1.82) is 0 Å². The molecule has 2 heterocycles. The standard InChI is InChI=1S/C17H22FN3O2/c1-11-7-13(18)4-5-14(11)15-3-2-6-21(15)17(23)20-10-12-8-16(22)19-9-12/h4-5,7,12,15H,2-3,6,8-10H2,1H3,(H,19,22)(H,20,23). The van der Waals surface area contributed by atoms with Gasteiger partial charge in [-0.05, 0) is 43.0 Å². The first-order valence-electron chi connectivity index (χ1n) is 8.12. The average Bonchev–Trinajstić information content (AvgIpc) is 3.14. The van der Waals surface area contributed by atoms with Gasteiger partial charge in [0.15, 0.2) is 0 Å². The minimum atomic E-state index is -0.251. The topological polar surface area (TPSA) is 61.4 Å². The zero-order chi connectivity index (χ0) is 16.4. The Kier molecular flexibility index (Phi) is 4.50. The minimum absolute atomic E-state index is 0.000986. The molecule has 2 fully saturated rings. The Labute approximate surface area is 135 Å². The summed E-state index contributed by atoms with van der Waals surface area (Å²) in [5.74, 6) is -0.0380. The van der Waals surface area contributed by atoms with Gasteiger partial charge in [0.2, 0.25) is 5.91 Å². The Morgan fingerprint density at radius 1 is 1.48 bits per heavy atom. The maximum absolute atomic E-state index is 13.3. The monoisotopic (exact) mass is 319 g/mol. The smallest absolute Gasteiger partial charge is 0.317 e. The highest BCUT2D eigenvalue weighted by Gasteiger charge is 2.31. The molecule has 3 amide bonds. The minimum Gasteiger partial charge on any atom is -0.356 e. The van der Waals surface area contributed by atoms with Crippen LogP contribution in [-0.4, -0.2) is 36.5 Å². The molecule has 2 atom stereocenters. The number of carbonyl (C=O) groups is 2. The third-order valence-corrected chi connectivity index (χ3v) is 4.71. The molecule has 2 unspecified atom stereocenters. The summed E-state index contributed by atoms with van der Waals surface area (Å²) in [7, 11) is 0. The van der Waals surface area contributed by atoms with Gasteiger partial charge < -0.3 is 15.5 Å². The number of urea groups is 1. The van der Waals surface area contributed by atoms with E-state index in [1.165, 1.54) is 12.1 Å². The van der Waals surface area contributed by atoms with E-state index in [1.54, 1.807) is 6.07 Å². The summed E-state index contributed by atoms with van der Waals surface area (Å²) >= 11 is 0. The van der Waals surface area contributed by atoms with Crippen molar-refractivity contribution in [2.24, 2.45) is 5.92 Å². The average molecular weight is 319 g/mol. The molecule has 2 saturated heterocycles. The number of carbonyl (C=O) groups excluding carboxylic acids is 2. The molecule has 1 aromatic rings. The molecule has 23 heavy (non-hydrogen) atoms. The quantitative estimate of drug-likeness (QED) is 0.896. The van der Waals surface area contributed by atoms with Crippen molar-refractivity contribution >= 4 is 11.9 Å². The number of rotatable bonds is 3. The SMILES string of the molecule is Cc1cc(F)ccc1C1CCCN1C(=O)NCC1CNC(=O)C1. The van der Waals surface area contributed by atoms with Gasteiger partial charge in [0.1, 0.15) is 5.82 Å². The maximum Gasteiger partial charge on any atom is 0.317 e. The predicted molar refractivity (Wildman–Crippen MR) is 84.3 cm³/mol. The van der Waals surface area contributed by atoms with Gasteiger partial charge >= 0.3 is 6.03 Å². The third kappa shape index (κ3) is 3.46. The fourth-order valence-corrected chi connectivity index (χ4v) is 3.49. The summed E-state index contributed by atoms with van der Waals surface area (Å²) in [6.45, 7) is 3.71. The van der Waals surface area contributed by atoms with Crippen LogP contribution in [-0.2, 0) is 4.79 Å². The molecule has 124 valence electrons. The van der Waals surface area contributed by atoms with E-state index >= 15 is 0 Å². The fraction of sp³-hybridized carbons (Fsp3) is 0.529. The van der Waals surface area contributed by atoms with Crippen LogP contribution < -0.4 is 10.6 Å². The number of hydrogen-bond donors (Lipinski definition) is 2. The van der Waals surface area contributed by atoms with E-state index in [4.69, 9.17) is 0 Å². The fourth-order valence-electron chi connectivity index (χ4n) is 3.49. The first kappa shape index (κ1) is 15.8.